The van der Waals surface area contributed by atoms with Gasteiger partial charge in [-0.15, -0.1) is 11.3 Å². The molecule has 184 valence electrons. The van der Waals surface area contributed by atoms with Gasteiger partial charge in [0.05, 0.1) is 11.9 Å². The van der Waals surface area contributed by atoms with E-state index >= 15 is 0 Å². The van der Waals surface area contributed by atoms with Gasteiger partial charge < -0.3 is 5.73 Å². The molecule has 8 nitrogen and oxygen atoms in total. The topological polar surface area (TPSA) is 102 Å². The Morgan fingerprint density at radius 3 is 2.36 bits per heavy atom. The lowest BCUT2D eigenvalue weighted by molar-refractivity contribution is -0.135. The van der Waals surface area contributed by atoms with Gasteiger partial charge in [0.25, 0.3) is 5.56 Å². The number of urea groups is 1. The zero-order valence-electron chi connectivity index (χ0n) is 19.4. The molecule has 0 saturated heterocycles. The molecular weight excluding hydrogens is 459 g/mol. The molecule has 2 heterocycles. The molecule has 0 radical (unpaired) electrons. The number of carbonyl (C=O) groups excluding carboxylic acids is 1. The lowest BCUT2D eigenvalue weighted by Gasteiger charge is -2.30. The highest BCUT2D eigenvalue weighted by atomic mass is 32.1. The van der Waals surface area contributed by atoms with Crippen LogP contribution in [0.1, 0.15) is 63.4 Å². The van der Waals surface area contributed by atoms with E-state index < -0.39 is 35.4 Å². The number of carbonyl (C=O) groups is 1. The van der Waals surface area contributed by atoms with Crippen LogP contribution >= 0.6 is 11.3 Å². The summed E-state index contributed by atoms with van der Waals surface area (Å²) in [5.74, 6) is 0.149. The van der Waals surface area contributed by atoms with Crippen molar-refractivity contribution in [3.8, 4) is 0 Å². The number of nitrogens with one attached hydrogen (secondary N) is 1. The molecule has 3 N–H and O–H groups in total. The second-order valence-corrected chi connectivity index (χ2v) is 10.8. The molecule has 3 rings (SSSR count). The first-order chi connectivity index (χ1) is 15.1. The molecule has 2 atom stereocenters. The van der Waals surface area contributed by atoms with E-state index in [0.717, 1.165) is 11.3 Å². The number of halogens is 3. The van der Waals surface area contributed by atoms with Gasteiger partial charge in [-0.25, -0.2) is 15.0 Å². The predicted molar refractivity (Wildman–Crippen MR) is 121 cm³/mol. The van der Waals surface area contributed by atoms with Crippen molar-refractivity contribution in [2.45, 2.75) is 84.7 Å². The monoisotopic (exact) mass is 489 g/mol. The molecule has 1 aliphatic rings. The highest BCUT2D eigenvalue weighted by Gasteiger charge is 2.38. The minimum Gasteiger partial charge on any atom is -0.350 e. The minimum atomic E-state index is -4.33. The largest absolute Gasteiger partial charge is 0.389 e. The van der Waals surface area contributed by atoms with Crippen molar-refractivity contribution in [2.75, 3.05) is 0 Å². The molecule has 0 spiro atoms. The number of hydrazine groups is 1. The van der Waals surface area contributed by atoms with E-state index in [-0.39, 0.29) is 31.5 Å². The third kappa shape index (κ3) is 5.60. The average molecular weight is 490 g/mol. The Kier molecular flexibility index (Phi) is 6.73. The van der Waals surface area contributed by atoms with E-state index in [4.69, 9.17) is 5.73 Å². The Morgan fingerprint density at radius 1 is 1.27 bits per heavy atom. The fraction of sp³-hybridized carbons (Fsp3) is 0.667. The summed E-state index contributed by atoms with van der Waals surface area (Å²) < 4.78 is 40.7. The number of rotatable bonds is 7. The highest BCUT2D eigenvalue weighted by Crippen LogP contribution is 2.41. The molecule has 1 fully saturated rings. The van der Waals surface area contributed by atoms with Gasteiger partial charge in [-0.1, -0.05) is 6.92 Å². The SMILES string of the molecule is Cc1c(CN(NC(C)(C)C)C(N)=O)sc2c1c(=O)n([C@H]1C[C@@H]1C)c(=O)n2CCCC(F)(F)F. The number of fused-ring (bicyclic) bond motifs is 1. The standard InChI is InChI=1S/C21H30F3N5O3S/c1-11-9-13(11)29-16(30)15-12(2)14(10-28(18(25)31)26-20(3,4)5)33-17(15)27(19(29)32)8-6-7-21(22,23)24/h11,13,26H,6-10H2,1-5H3,(H2,25,31)/t11-,13-/m0/s1. The van der Waals surface area contributed by atoms with Gasteiger partial charge in [-0.2, -0.15) is 13.2 Å². The van der Waals surface area contributed by atoms with E-state index in [9.17, 15) is 27.6 Å². The number of nitrogens with zero attached hydrogens (tertiary/aromatic N) is 3. The maximum Gasteiger partial charge on any atom is 0.389 e. The predicted octanol–water partition coefficient (Wildman–Crippen LogP) is 3.64. The van der Waals surface area contributed by atoms with Crippen LogP contribution in [0.4, 0.5) is 18.0 Å². The summed E-state index contributed by atoms with van der Waals surface area (Å²) in [5, 5.41) is 1.53. The average Bonchev–Trinajstić information content (AvgIpc) is 3.26. The van der Waals surface area contributed by atoms with Gasteiger partial charge in [0.1, 0.15) is 4.83 Å². The van der Waals surface area contributed by atoms with Gasteiger partial charge in [-0.05, 0) is 52.0 Å². The fourth-order valence-corrected chi connectivity index (χ4v) is 5.18. The number of amides is 2. The van der Waals surface area contributed by atoms with Crippen molar-refractivity contribution in [3.05, 3.63) is 31.3 Å². The molecule has 1 saturated carbocycles. The van der Waals surface area contributed by atoms with Crippen molar-refractivity contribution in [1.82, 2.24) is 19.6 Å². The van der Waals surface area contributed by atoms with E-state index in [1.807, 2.05) is 27.7 Å². The Labute approximate surface area is 193 Å². The summed E-state index contributed by atoms with van der Waals surface area (Å²) in [7, 11) is 0. The summed E-state index contributed by atoms with van der Waals surface area (Å²) in [6, 6.07) is -0.968. The van der Waals surface area contributed by atoms with Crippen LogP contribution in [0.2, 0.25) is 0 Å². The van der Waals surface area contributed by atoms with Gasteiger partial charge in [0.15, 0.2) is 0 Å². The number of primary amides is 1. The summed E-state index contributed by atoms with van der Waals surface area (Å²) in [4.78, 5) is 39.4. The number of alkyl halides is 3. The molecular formula is C21H30F3N5O3S. The molecule has 1 aliphatic carbocycles. The van der Waals surface area contributed by atoms with Crippen molar-refractivity contribution in [1.29, 1.82) is 0 Å². The van der Waals surface area contributed by atoms with Gasteiger partial charge in [0, 0.05) is 29.4 Å². The number of aromatic nitrogens is 2. The molecule has 33 heavy (non-hydrogen) atoms. The highest BCUT2D eigenvalue weighted by molar-refractivity contribution is 7.18. The Bertz CT molecular complexity index is 1180. The zero-order valence-corrected chi connectivity index (χ0v) is 20.2. The van der Waals surface area contributed by atoms with E-state index in [1.165, 1.54) is 14.1 Å². The van der Waals surface area contributed by atoms with Gasteiger partial charge in [-0.3, -0.25) is 18.9 Å². The summed E-state index contributed by atoms with van der Waals surface area (Å²) in [6.45, 7) is 9.10. The van der Waals surface area contributed by atoms with E-state index in [0.29, 0.717) is 27.1 Å². The third-order valence-electron chi connectivity index (χ3n) is 5.62. The lowest BCUT2D eigenvalue weighted by atomic mass is 10.1. The summed E-state index contributed by atoms with van der Waals surface area (Å²) in [5.41, 5.74) is 7.62. The number of thiophene rings is 1. The molecule has 2 aromatic rings. The fourth-order valence-electron chi connectivity index (χ4n) is 3.87. The maximum absolute atomic E-state index is 13.3. The van der Waals surface area contributed by atoms with Crippen molar-refractivity contribution >= 4 is 27.6 Å². The number of hydrogen-bond donors (Lipinski definition) is 2. The maximum atomic E-state index is 13.3. The minimum absolute atomic E-state index is 0.0494. The number of aryl methyl sites for hydroxylation is 2. The molecule has 0 bridgehead atoms. The van der Waals surface area contributed by atoms with Crippen molar-refractivity contribution in [2.24, 2.45) is 11.7 Å². The van der Waals surface area contributed by atoms with E-state index in [1.54, 1.807) is 6.92 Å². The van der Waals surface area contributed by atoms with Crippen LogP contribution in [-0.4, -0.2) is 31.9 Å². The van der Waals surface area contributed by atoms with Gasteiger partial charge in [0.2, 0.25) is 0 Å². The number of nitrogens with two attached hydrogens (primary N) is 1. The quantitative estimate of drug-likeness (QED) is 0.580. The van der Waals surface area contributed by atoms with Crippen LogP contribution in [0.5, 0.6) is 0 Å². The first-order valence-corrected chi connectivity index (χ1v) is 11.6. The van der Waals surface area contributed by atoms with Crippen molar-refractivity contribution in [3.63, 3.8) is 0 Å². The molecule has 2 aromatic heterocycles. The molecule has 0 aliphatic heterocycles. The van der Waals surface area contributed by atoms with Crippen LogP contribution < -0.4 is 22.4 Å². The molecule has 0 aromatic carbocycles. The van der Waals surface area contributed by atoms with Crippen LogP contribution in [0.3, 0.4) is 0 Å². The number of hydrogen-bond acceptors (Lipinski definition) is 5. The lowest BCUT2D eigenvalue weighted by Crippen LogP contribution is -2.53. The van der Waals surface area contributed by atoms with Crippen LogP contribution in [-0.2, 0) is 13.1 Å². The zero-order chi connectivity index (χ0) is 24.9. The van der Waals surface area contributed by atoms with Crippen LogP contribution in [0.15, 0.2) is 9.59 Å². The van der Waals surface area contributed by atoms with E-state index in [2.05, 4.69) is 5.43 Å². The third-order valence-corrected chi connectivity index (χ3v) is 6.92. The molecule has 2 amide bonds. The summed E-state index contributed by atoms with van der Waals surface area (Å²) >= 11 is 1.13. The Morgan fingerprint density at radius 2 is 1.88 bits per heavy atom. The first kappa shape index (κ1) is 25.3. The smallest absolute Gasteiger partial charge is 0.350 e. The summed E-state index contributed by atoms with van der Waals surface area (Å²) in [6.07, 6.45) is -4.96. The Hall–Kier alpha value is -2.34. The second kappa shape index (κ2) is 8.79. The first-order valence-electron chi connectivity index (χ1n) is 10.8. The van der Waals surface area contributed by atoms with Crippen molar-refractivity contribution < 1.29 is 18.0 Å². The Balaban J connectivity index is 2.12. The molecule has 12 heteroatoms. The normalized spacial score (nSPS) is 18.7. The van der Waals surface area contributed by atoms with Gasteiger partial charge >= 0.3 is 17.9 Å². The van der Waals surface area contributed by atoms with Crippen LogP contribution in [0, 0.1) is 12.8 Å². The van der Waals surface area contributed by atoms with Crippen LogP contribution in [0.25, 0.3) is 10.2 Å². The second-order valence-electron chi connectivity index (χ2n) is 9.73. The molecule has 0 unspecified atom stereocenters.